The van der Waals surface area contributed by atoms with E-state index in [1.807, 2.05) is 6.92 Å². The Morgan fingerprint density at radius 1 is 1.26 bits per heavy atom. The molecule has 19 heavy (non-hydrogen) atoms. The molecule has 0 aliphatic carbocycles. The first-order chi connectivity index (χ1) is 9.05. The lowest BCUT2D eigenvalue weighted by atomic mass is 10.2. The van der Waals surface area contributed by atoms with Gasteiger partial charge in [-0.1, -0.05) is 20.8 Å². The van der Waals surface area contributed by atoms with Crippen LogP contribution in [-0.4, -0.2) is 43.3 Å². The molecular weight excluding hydrogens is 248 g/mol. The molecule has 5 heteroatoms. The first kappa shape index (κ1) is 20.4. The molecule has 0 saturated carbocycles. The van der Waals surface area contributed by atoms with E-state index in [1.54, 1.807) is 14.0 Å². The fourth-order valence-electron chi connectivity index (χ4n) is 1.18. The van der Waals surface area contributed by atoms with Gasteiger partial charge in [-0.25, -0.2) is 0 Å². The van der Waals surface area contributed by atoms with Crippen molar-refractivity contribution < 1.29 is 24.2 Å². The lowest BCUT2D eigenvalue weighted by molar-refractivity contribution is -0.151. The Kier molecular flexibility index (Phi) is 16.2. The zero-order valence-electron chi connectivity index (χ0n) is 12.6. The van der Waals surface area contributed by atoms with Crippen molar-refractivity contribution in [3.8, 4) is 0 Å². The standard InChI is InChI=1S/C10H18O4.C4H10O/c1-3-8(12)7-10(13)14-9(4-2)5-6-11;1-3-4-5-2/h6,8-9,12H,3-5,7H2,1-2H3;3-4H2,1-2H3. The van der Waals surface area contributed by atoms with Crippen LogP contribution in [0.1, 0.15) is 52.9 Å². The molecule has 2 atom stereocenters. The van der Waals surface area contributed by atoms with E-state index in [0.717, 1.165) is 19.3 Å². The van der Waals surface area contributed by atoms with Gasteiger partial charge in [0.15, 0.2) is 0 Å². The lowest BCUT2D eigenvalue weighted by Gasteiger charge is -2.14. The smallest absolute Gasteiger partial charge is 0.308 e. The third-order valence-electron chi connectivity index (χ3n) is 2.39. The molecule has 0 amide bonds. The summed E-state index contributed by atoms with van der Waals surface area (Å²) in [5.41, 5.74) is 0. The van der Waals surface area contributed by atoms with Crippen molar-refractivity contribution in [3.05, 3.63) is 0 Å². The summed E-state index contributed by atoms with van der Waals surface area (Å²) in [5.74, 6) is -0.437. The third kappa shape index (κ3) is 15.0. The van der Waals surface area contributed by atoms with Crippen molar-refractivity contribution in [3.63, 3.8) is 0 Å². The Morgan fingerprint density at radius 2 is 1.89 bits per heavy atom. The van der Waals surface area contributed by atoms with Gasteiger partial charge in [-0.05, 0) is 19.3 Å². The van der Waals surface area contributed by atoms with Crippen LogP contribution in [0.3, 0.4) is 0 Å². The second-order valence-electron chi connectivity index (χ2n) is 4.18. The third-order valence-corrected chi connectivity index (χ3v) is 2.39. The summed E-state index contributed by atoms with van der Waals surface area (Å²) in [6, 6.07) is 0. The van der Waals surface area contributed by atoms with Gasteiger partial charge in [-0.3, -0.25) is 4.79 Å². The summed E-state index contributed by atoms with van der Waals surface area (Å²) < 4.78 is 9.67. The zero-order valence-corrected chi connectivity index (χ0v) is 12.6. The maximum atomic E-state index is 11.2. The van der Waals surface area contributed by atoms with Crippen LogP contribution >= 0.6 is 0 Å². The predicted molar refractivity (Wildman–Crippen MR) is 73.9 cm³/mol. The van der Waals surface area contributed by atoms with Gasteiger partial charge >= 0.3 is 5.97 Å². The van der Waals surface area contributed by atoms with Gasteiger partial charge < -0.3 is 19.4 Å². The number of aldehydes is 1. The van der Waals surface area contributed by atoms with E-state index in [0.29, 0.717) is 12.8 Å². The van der Waals surface area contributed by atoms with Gasteiger partial charge in [-0.15, -0.1) is 0 Å². The Labute approximate surface area is 116 Å². The Balaban J connectivity index is 0. The number of carbonyl (C=O) groups is 2. The van der Waals surface area contributed by atoms with Crippen LogP contribution in [0, 0.1) is 0 Å². The van der Waals surface area contributed by atoms with Crippen LogP contribution in [0.25, 0.3) is 0 Å². The minimum Gasteiger partial charge on any atom is -0.462 e. The van der Waals surface area contributed by atoms with Crippen molar-refractivity contribution in [1.82, 2.24) is 0 Å². The molecular formula is C14H28O5. The number of ether oxygens (including phenoxy) is 2. The fourth-order valence-corrected chi connectivity index (χ4v) is 1.18. The molecule has 5 nitrogen and oxygen atoms in total. The summed E-state index contributed by atoms with van der Waals surface area (Å²) in [6.07, 6.45) is 2.25. The maximum absolute atomic E-state index is 11.2. The number of carbonyl (C=O) groups excluding carboxylic acids is 2. The molecule has 1 N–H and O–H groups in total. The van der Waals surface area contributed by atoms with Crippen LogP contribution in [0.15, 0.2) is 0 Å². The van der Waals surface area contributed by atoms with E-state index in [4.69, 9.17) is 9.47 Å². The summed E-state index contributed by atoms with van der Waals surface area (Å²) in [6.45, 7) is 6.61. The maximum Gasteiger partial charge on any atom is 0.308 e. The molecule has 0 radical (unpaired) electrons. The normalized spacial score (nSPS) is 12.9. The van der Waals surface area contributed by atoms with Gasteiger partial charge in [0.05, 0.1) is 12.5 Å². The van der Waals surface area contributed by atoms with Crippen LogP contribution in [-0.2, 0) is 19.1 Å². The van der Waals surface area contributed by atoms with Gasteiger partial charge in [0.1, 0.15) is 12.4 Å². The molecule has 0 aromatic rings. The van der Waals surface area contributed by atoms with Crippen LogP contribution in [0.5, 0.6) is 0 Å². The zero-order chi connectivity index (χ0) is 15.1. The van der Waals surface area contributed by atoms with E-state index < -0.39 is 12.1 Å². The van der Waals surface area contributed by atoms with E-state index in [-0.39, 0.29) is 18.9 Å². The Morgan fingerprint density at radius 3 is 2.21 bits per heavy atom. The monoisotopic (exact) mass is 276 g/mol. The van der Waals surface area contributed by atoms with Crippen molar-refractivity contribution >= 4 is 12.3 Å². The van der Waals surface area contributed by atoms with E-state index in [9.17, 15) is 14.7 Å². The van der Waals surface area contributed by atoms with E-state index in [1.165, 1.54) is 0 Å². The Bertz CT molecular complexity index is 216. The van der Waals surface area contributed by atoms with E-state index in [2.05, 4.69) is 6.92 Å². The molecule has 0 saturated heterocycles. The van der Waals surface area contributed by atoms with Crippen molar-refractivity contribution in [2.75, 3.05) is 13.7 Å². The second kappa shape index (κ2) is 15.1. The summed E-state index contributed by atoms with van der Waals surface area (Å²) in [5, 5.41) is 9.17. The molecule has 0 aromatic heterocycles. The molecule has 0 heterocycles. The molecule has 0 spiro atoms. The van der Waals surface area contributed by atoms with E-state index >= 15 is 0 Å². The largest absolute Gasteiger partial charge is 0.462 e. The number of hydrogen-bond donors (Lipinski definition) is 1. The SMILES string of the molecule is CCC(O)CC(=O)OC(CC)CC=O.CCCOC. The first-order valence-corrected chi connectivity index (χ1v) is 6.85. The first-order valence-electron chi connectivity index (χ1n) is 6.85. The summed E-state index contributed by atoms with van der Waals surface area (Å²) >= 11 is 0. The number of aliphatic hydroxyl groups is 1. The predicted octanol–water partition coefficient (Wildman–Crippen LogP) is 2.10. The van der Waals surface area contributed by atoms with Crippen molar-refractivity contribution in [1.29, 1.82) is 0 Å². The fraction of sp³-hybridized carbons (Fsp3) is 0.857. The minimum absolute atomic E-state index is 0.00581. The molecule has 114 valence electrons. The number of aliphatic hydroxyl groups excluding tert-OH is 1. The topological polar surface area (TPSA) is 72.8 Å². The molecule has 2 unspecified atom stereocenters. The molecule has 0 bridgehead atoms. The highest BCUT2D eigenvalue weighted by atomic mass is 16.5. The summed E-state index contributed by atoms with van der Waals surface area (Å²) in [7, 11) is 1.71. The molecule has 0 fully saturated rings. The Hall–Kier alpha value is -0.940. The van der Waals surface area contributed by atoms with Gasteiger partial charge in [0, 0.05) is 20.1 Å². The molecule has 0 rings (SSSR count). The van der Waals surface area contributed by atoms with Crippen molar-refractivity contribution in [2.24, 2.45) is 0 Å². The highest BCUT2D eigenvalue weighted by Gasteiger charge is 2.14. The molecule has 0 aromatic carbocycles. The molecule has 0 aliphatic rings. The number of rotatable bonds is 9. The van der Waals surface area contributed by atoms with Gasteiger partial charge in [-0.2, -0.15) is 0 Å². The van der Waals surface area contributed by atoms with Gasteiger partial charge in [0.2, 0.25) is 0 Å². The highest BCUT2D eigenvalue weighted by Crippen LogP contribution is 2.06. The van der Waals surface area contributed by atoms with Crippen LogP contribution in [0.4, 0.5) is 0 Å². The second-order valence-corrected chi connectivity index (χ2v) is 4.18. The van der Waals surface area contributed by atoms with Crippen molar-refractivity contribution in [2.45, 2.75) is 65.1 Å². The minimum atomic E-state index is -0.642. The average Bonchev–Trinajstić information content (AvgIpc) is 2.39. The number of hydrogen-bond acceptors (Lipinski definition) is 5. The number of esters is 1. The number of methoxy groups -OCH3 is 1. The lowest BCUT2D eigenvalue weighted by Crippen LogP contribution is -2.21. The molecule has 0 aliphatic heterocycles. The van der Waals surface area contributed by atoms with Crippen LogP contribution in [0.2, 0.25) is 0 Å². The highest BCUT2D eigenvalue weighted by molar-refractivity contribution is 5.70. The van der Waals surface area contributed by atoms with Crippen LogP contribution < -0.4 is 0 Å². The van der Waals surface area contributed by atoms with Gasteiger partial charge in [0.25, 0.3) is 0 Å². The summed E-state index contributed by atoms with van der Waals surface area (Å²) in [4.78, 5) is 21.4. The average molecular weight is 276 g/mol. The quantitative estimate of drug-likeness (QED) is 0.516.